The first kappa shape index (κ1) is 19.6. The number of ether oxygens (including phenoxy) is 2. The highest BCUT2D eigenvalue weighted by atomic mass is 16.6. The summed E-state index contributed by atoms with van der Waals surface area (Å²) in [6.07, 6.45) is 0. The monoisotopic (exact) mass is 385 g/mol. The molecule has 0 unspecified atom stereocenters. The number of nitro groups is 1. The van der Waals surface area contributed by atoms with Crippen LogP contribution in [0.1, 0.15) is 10.4 Å². The summed E-state index contributed by atoms with van der Waals surface area (Å²) in [6, 6.07) is 13.8. The third kappa shape index (κ3) is 4.40. The van der Waals surface area contributed by atoms with Crippen molar-refractivity contribution in [2.24, 2.45) is 0 Å². The van der Waals surface area contributed by atoms with Crippen LogP contribution in [0.25, 0.3) is 0 Å². The fraction of sp³-hybridized carbons (Fsp3) is 0.350. The maximum absolute atomic E-state index is 13.0. The molecule has 0 aliphatic carbocycles. The van der Waals surface area contributed by atoms with E-state index in [4.69, 9.17) is 9.47 Å². The van der Waals surface area contributed by atoms with Gasteiger partial charge in [0, 0.05) is 39.4 Å². The maximum atomic E-state index is 13.0. The van der Waals surface area contributed by atoms with E-state index in [-0.39, 0.29) is 16.5 Å². The molecule has 1 aliphatic heterocycles. The van der Waals surface area contributed by atoms with Crippen LogP contribution in [0.4, 0.5) is 11.4 Å². The Hall–Kier alpha value is -3.13. The van der Waals surface area contributed by atoms with Gasteiger partial charge in [0.1, 0.15) is 18.0 Å². The van der Waals surface area contributed by atoms with Gasteiger partial charge in [-0.05, 0) is 18.2 Å². The first-order valence-electron chi connectivity index (χ1n) is 9.10. The molecular formula is C20H23N3O5. The van der Waals surface area contributed by atoms with Crippen LogP contribution in [-0.4, -0.2) is 62.2 Å². The van der Waals surface area contributed by atoms with E-state index in [1.165, 1.54) is 6.07 Å². The zero-order valence-electron chi connectivity index (χ0n) is 15.7. The van der Waals surface area contributed by atoms with Gasteiger partial charge in [0.15, 0.2) is 0 Å². The molecule has 0 saturated carbocycles. The van der Waals surface area contributed by atoms with Crippen LogP contribution in [0.15, 0.2) is 48.5 Å². The Bertz CT molecular complexity index is 834. The van der Waals surface area contributed by atoms with Gasteiger partial charge in [-0.3, -0.25) is 14.9 Å². The Balaban J connectivity index is 1.67. The molecule has 0 radical (unpaired) electrons. The van der Waals surface area contributed by atoms with E-state index in [2.05, 4.69) is 0 Å². The van der Waals surface area contributed by atoms with E-state index in [1.54, 1.807) is 48.4 Å². The van der Waals surface area contributed by atoms with Crippen molar-refractivity contribution in [3.8, 4) is 5.75 Å². The van der Waals surface area contributed by atoms with E-state index in [0.717, 1.165) is 0 Å². The van der Waals surface area contributed by atoms with Crippen LogP contribution in [0.2, 0.25) is 0 Å². The van der Waals surface area contributed by atoms with Gasteiger partial charge in [0.25, 0.3) is 11.6 Å². The second-order valence-corrected chi connectivity index (χ2v) is 6.36. The highest BCUT2D eigenvalue weighted by Crippen LogP contribution is 2.29. The molecule has 148 valence electrons. The number of anilines is 1. The van der Waals surface area contributed by atoms with Crippen LogP contribution in [0.3, 0.4) is 0 Å². The summed E-state index contributed by atoms with van der Waals surface area (Å²) in [5, 5.41) is 11.3. The second kappa shape index (κ2) is 9.18. The molecule has 0 bridgehead atoms. The van der Waals surface area contributed by atoms with Crippen LogP contribution in [-0.2, 0) is 4.74 Å². The molecule has 0 atom stereocenters. The molecule has 1 heterocycles. The lowest BCUT2D eigenvalue weighted by atomic mass is 10.1. The van der Waals surface area contributed by atoms with Gasteiger partial charge in [-0.1, -0.05) is 24.3 Å². The minimum atomic E-state index is -0.375. The van der Waals surface area contributed by atoms with Crippen LogP contribution < -0.4 is 9.64 Å². The zero-order chi connectivity index (χ0) is 19.9. The third-order valence-electron chi connectivity index (χ3n) is 4.65. The number of benzene rings is 2. The number of nitrogens with zero attached hydrogens (tertiary/aromatic N) is 3. The number of methoxy groups -OCH3 is 1. The molecule has 3 rings (SSSR count). The molecule has 28 heavy (non-hydrogen) atoms. The Morgan fingerprint density at radius 2 is 1.71 bits per heavy atom. The second-order valence-electron chi connectivity index (χ2n) is 6.36. The average Bonchev–Trinajstić information content (AvgIpc) is 2.74. The molecule has 2 aromatic carbocycles. The first-order chi connectivity index (χ1) is 13.6. The maximum Gasteiger partial charge on any atom is 0.292 e. The summed E-state index contributed by atoms with van der Waals surface area (Å²) in [6.45, 7) is 2.84. The Morgan fingerprint density at radius 3 is 2.43 bits per heavy atom. The molecule has 0 aromatic heterocycles. The number of carbonyl (C=O) groups is 1. The minimum Gasteiger partial charge on any atom is -0.490 e. The predicted molar refractivity (Wildman–Crippen MR) is 105 cm³/mol. The normalized spacial score (nSPS) is 14.0. The average molecular weight is 385 g/mol. The number of amides is 1. The number of hydrogen-bond donors (Lipinski definition) is 0. The summed E-state index contributed by atoms with van der Waals surface area (Å²) in [5.74, 6) is 0.431. The van der Waals surface area contributed by atoms with Crippen molar-refractivity contribution in [1.29, 1.82) is 0 Å². The predicted octanol–water partition coefficient (Wildman–Crippen LogP) is 2.58. The first-order valence-corrected chi connectivity index (χ1v) is 9.10. The number of piperazine rings is 1. The standard InChI is InChI=1S/C20H23N3O5/c1-27-14-15-28-19-9-5-2-6-16(19)20(24)22-12-10-21(11-13-22)17-7-3-4-8-18(17)23(25)26/h2-9H,10-15H2,1H3. The number of para-hydroxylation sites is 3. The highest BCUT2D eigenvalue weighted by molar-refractivity contribution is 5.97. The molecule has 0 N–H and O–H groups in total. The van der Waals surface area contributed by atoms with E-state index < -0.39 is 0 Å². The quantitative estimate of drug-likeness (QED) is 0.414. The number of carbonyl (C=O) groups excluding carboxylic acids is 1. The Labute approximate surface area is 163 Å². The SMILES string of the molecule is COCCOc1ccccc1C(=O)N1CCN(c2ccccc2[N+](=O)[O-])CC1. The molecule has 1 aliphatic rings. The fourth-order valence-corrected chi connectivity index (χ4v) is 3.21. The van der Waals surface area contributed by atoms with Gasteiger partial charge in [-0.15, -0.1) is 0 Å². The molecule has 0 spiro atoms. The smallest absolute Gasteiger partial charge is 0.292 e. The van der Waals surface area contributed by atoms with Crippen LogP contribution in [0, 0.1) is 10.1 Å². The van der Waals surface area contributed by atoms with Crippen LogP contribution >= 0.6 is 0 Å². The van der Waals surface area contributed by atoms with Crippen molar-refractivity contribution in [2.75, 3.05) is 51.4 Å². The molecule has 8 nitrogen and oxygen atoms in total. The van der Waals surface area contributed by atoms with E-state index >= 15 is 0 Å². The summed E-state index contributed by atoms with van der Waals surface area (Å²) in [5.41, 5.74) is 1.18. The Morgan fingerprint density at radius 1 is 1.04 bits per heavy atom. The van der Waals surface area contributed by atoms with Gasteiger partial charge in [-0.2, -0.15) is 0 Å². The topological polar surface area (TPSA) is 85.2 Å². The largest absolute Gasteiger partial charge is 0.490 e. The van der Waals surface area contributed by atoms with Crippen molar-refractivity contribution in [3.63, 3.8) is 0 Å². The molecule has 2 aromatic rings. The molecule has 1 fully saturated rings. The molecule has 1 saturated heterocycles. The molecule has 8 heteroatoms. The lowest BCUT2D eigenvalue weighted by Crippen LogP contribution is -2.49. The lowest BCUT2D eigenvalue weighted by Gasteiger charge is -2.36. The summed E-state index contributed by atoms with van der Waals surface area (Å²) in [4.78, 5) is 27.5. The highest BCUT2D eigenvalue weighted by Gasteiger charge is 2.27. The van der Waals surface area contributed by atoms with E-state index in [0.29, 0.717) is 56.4 Å². The van der Waals surface area contributed by atoms with Crippen LogP contribution in [0.5, 0.6) is 5.75 Å². The van der Waals surface area contributed by atoms with Gasteiger partial charge in [0.2, 0.25) is 0 Å². The summed E-state index contributed by atoms with van der Waals surface area (Å²) >= 11 is 0. The van der Waals surface area contributed by atoms with Gasteiger partial charge in [0.05, 0.1) is 17.1 Å². The minimum absolute atomic E-state index is 0.0826. The zero-order valence-corrected chi connectivity index (χ0v) is 15.7. The summed E-state index contributed by atoms with van der Waals surface area (Å²) < 4.78 is 10.7. The fourth-order valence-electron chi connectivity index (χ4n) is 3.21. The van der Waals surface area contributed by atoms with Gasteiger partial charge < -0.3 is 19.3 Å². The van der Waals surface area contributed by atoms with Crippen molar-refractivity contribution in [3.05, 3.63) is 64.2 Å². The lowest BCUT2D eigenvalue weighted by molar-refractivity contribution is -0.384. The van der Waals surface area contributed by atoms with Gasteiger partial charge >= 0.3 is 0 Å². The van der Waals surface area contributed by atoms with E-state index in [1.807, 2.05) is 11.0 Å². The van der Waals surface area contributed by atoms with Crippen molar-refractivity contribution in [1.82, 2.24) is 4.90 Å². The molecule has 1 amide bonds. The number of nitro benzene ring substituents is 1. The van der Waals surface area contributed by atoms with Crippen molar-refractivity contribution < 1.29 is 19.2 Å². The number of hydrogen-bond acceptors (Lipinski definition) is 6. The summed E-state index contributed by atoms with van der Waals surface area (Å²) in [7, 11) is 1.59. The van der Waals surface area contributed by atoms with Crippen molar-refractivity contribution in [2.45, 2.75) is 0 Å². The number of rotatable bonds is 7. The molecular weight excluding hydrogens is 362 g/mol. The Kier molecular flexibility index (Phi) is 6.44. The van der Waals surface area contributed by atoms with Gasteiger partial charge in [-0.25, -0.2) is 0 Å². The van der Waals surface area contributed by atoms with E-state index in [9.17, 15) is 14.9 Å². The van der Waals surface area contributed by atoms with Crippen molar-refractivity contribution >= 4 is 17.3 Å². The third-order valence-corrected chi connectivity index (χ3v) is 4.65.